The van der Waals surface area contributed by atoms with Gasteiger partial charge in [0.2, 0.25) is 5.82 Å². The molecule has 3 aromatic carbocycles. The van der Waals surface area contributed by atoms with Gasteiger partial charge in [-0.15, -0.1) is 0 Å². The first-order valence-corrected chi connectivity index (χ1v) is 12.4. The predicted molar refractivity (Wildman–Crippen MR) is 142 cm³/mol. The number of carbonyl (C=O) groups is 1. The standard InChI is InChI=1S/C30H30N4O2/c1-5-21-9-15-23(16-10-21)27-26(29-32-28(33-36-29)24-13-7-19(3)8-14-24)20(4)34(30(35)31-27)25-17-11-22(6-2)12-18-25/h7-18,27H,5-6H2,1-4H3,(H,31,35). The predicted octanol–water partition coefficient (Wildman–Crippen LogP) is 6.87. The first-order chi connectivity index (χ1) is 17.5. The van der Waals surface area contributed by atoms with Crippen molar-refractivity contribution in [2.24, 2.45) is 0 Å². The van der Waals surface area contributed by atoms with Crippen LogP contribution in [-0.4, -0.2) is 16.2 Å². The van der Waals surface area contributed by atoms with E-state index in [4.69, 9.17) is 9.51 Å². The Labute approximate surface area is 211 Å². The number of hydrogen-bond donors (Lipinski definition) is 1. The molecule has 2 heterocycles. The highest BCUT2D eigenvalue weighted by Crippen LogP contribution is 2.39. The van der Waals surface area contributed by atoms with Crippen molar-refractivity contribution in [2.45, 2.75) is 46.6 Å². The van der Waals surface area contributed by atoms with Crippen molar-refractivity contribution in [1.29, 1.82) is 0 Å². The number of aryl methyl sites for hydroxylation is 3. The quantitative estimate of drug-likeness (QED) is 0.328. The Hall–Kier alpha value is -4.19. The third kappa shape index (κ3) is 4.42. The Morgan fingerprint density at radius 2 is 1.47 bits per heavy atom. The lowest BCUT2D eigenvalue weighted by atomic mass is 9.93. The molecular formula is C30H30N4O2. The number of anilines is 1. The van der Waals surface area contributed by atoms with Crippen LogP contribution in [0.3, 0.4) is 0 Å². The van der Waals surface area contributed by atoms with E-state index in [1.165, 1.54) is 11.1 Å². The highest BCUT2D eigenvalue weighted by atomic mass is 16.5. The monoisotopic (exact) mass is 478 g/mol. The smallest absolute Gasteiger partial charge is 0.326 e. The molecular weight excluding hydrogens is 448 g/mol. The summed E-state index contributed by atoms with van der Waals surface area (Å²) in [6, 6.07) is 23.7. The fourth-order valence-electron chi connectivity index (χ4n) is 4.56. The van der Waals surface area contributed by atoms with Gasteiger partial charge in [0.25, 0.3) is 5.89 Å². The van der Waals surface area contributed by atoms with Crippen LogP contribution in [-0.2, 0) is 12.8 Å². The molecule has 0 spiro atoms. The molecule has 182 valence electrons. The lowest BCUT2D eigenvalue weighted by molar-refractivity contribution is 0.244. The molecule has 0 aliphatic carbocycles. The average molecular weight is 479 g/mol. The van der Waals surface area contributed by atoms with Crippen molar-refractivity contribution < 1.29 is 9.32 Å². The molecule has 1 atom stereocenters. The van der Waals surface area contributed by atoms with E-state index in [0.717, 1.165) is 46.5 Å². The van der Waals surface area contributed by atoms with E-state index in [0.29, 0.717) is 11.7 Å². The third-order valence-electron chi connectivity index (χ3n) is 6.78. The Bertz CT molecular complexity index is 1400. The van der Waals surface area contributed by atoms with Crippen molar-refractivity contribution in [3.63, 3.8) is 0 Å². The van der Waals surface area contributed by atoms with E-state index in [2.05, 4.69) is 48.6 Å². The van der Waals surface area contributed by atoms with Gasteiger partial charge >= 0.3 is 6.03 Å². The summed E-state index contributed by atoms with van der Waals surface area (Å²) in [7, 11) is 0. The summed E-state index contributed by atoms with van der Waals surface area (Å²) < 4.78 is 5.81. The molecule has 0 radical (unpaired) electrons. The van der Waals surface area contributed by atoms with Crippen LogP contribution in [0.15, 0.2) is 83.0 Å². The molecule has 1 unspecified atom stereocenters. The van der Waals surface area contributed by atoms with Gasteiger partial charge in [-0.25, -0.2) is 4.79 Å². The van der Waals surface area contributed by atoms with Gasteiger partial charge in [-0.1, -0.05) is 85.2 Å². The number of urea groups is 1. The van der Waals surface area contributed by atoms with Gasteiger partial charge in [0, 0.05) is 11.3 Å². The zero-order valence-electron chi connectivity index (χ0n) is 21.1. The van der Waals surface area contributed by atoms with Crippen LogP contribution in [0.25, 0.3) is 17.0 Å². The maximum atomic E-state index is 13.4. The number of benzene rings is 3. The van der Waals surface area contributed by atoms with E-state index in [9.17, 15) is 4.79 Å². The van der Waals surface area contributed by atoms with Gasteiger partial charge in [0.15, 0.2) is 0 Å². The molecule has 1 N–H and O–H groups in total. The summed E-state index contributed by atoms with van der Waals surface area (Å²) in [5, 5.41) is 7.45. The second-order valence-electron chi connectivity index (χ2n) is 9.12. The molecule has 6 nitrogen and oxygen atoms in total. The van der Waals surface area contributed by atoms with Crippen molar-refractivity contribution in [1.82, 2.24) is 15.5 Å². The highest BCUT2D eigenvalue weighted by molar-refractivity contribution is 6.01. The number of carbonyl (C=O) groups excluding carboxylic acids is 1. The maximum Gasteiger partial charge on any atom is 0.326 e. The van der Waals surface area contributed by atoms with E-state index < -0.39 is 6.04 Å². The Morgan fingerprint density at radius 1 is 0.861 bits per heavy atom. The van der Waals surface area contributed by atoms with Crippen LogP contribution >= 0.6 is 0 Å². The van der Waals surface area contributed by atoms with Crippen LogP contribution in [0.4, 0.5) is 10.5 Å². The minimum atomic E-state index is -0.416. The molecule has 0 bridgehead atoms. The molecule has 0 fully saturated rings. The van der Waals surface area contributed by atoms with Gasteiger partial charge in [0.05, 0.1) is 17.3 Å². The van der Waals surface area contributed by atoms with Crippen LogP contribution < -0.4 is 10.2 Å². The number of amides is 2. The summed E-state index contributed by atoms with van der Waals surface area (Å²) in [5.41, 5.74) is 7.78. The maximum absolute atomic E-state index is 13.4. The number of aromatic nitrogens is 2. The zero-order valence-corrected chi connectivity index (χ0v) is 21.1. The van der Waals surface area contributed by atoms with E-state index in [1.807, 2.05) is 62.4 Å². The lowest BCUT2D eigenvalue weighted by Crippen LogP contribution is -2.46. The second-order valence-corrected chi connectivity index (χ2v) is 9.12. The third-order valence-corrected chi connectivity index (χ3v) is 6.78. The average Bonchev–Trinajstić information content (AvgIpc) is 3.39. The van der Waals surface area contributed by atoms with Gasteiger partial charge in [-0.3, -0.25) is 4.90 Å². The molecule has 4 aromatic rings. The number of allylic oxidation sites excluding steroid dienone is 1. The molecule has 1 aliphatic rings. The number of hydrogen-bond acceptors (Lipinski definition) is 4. The normalized spacial score (nSPS) is 15.8. The SMILES string of the molecule is CCc1ccc(C2NC(=O)N(c3ccc(CC)cc3)C(C)=C2c2nc(-c3ccc(C)cc3)no2)cc1. The first-order valence-electron chi connectivity index (χ1n) is 12.4. The summed E-state index contributed by atoms with van der Waals surface area (Å²) in [6.45, 7) is 8.21. The van der Waals surface area contributed by atoms with Crippen LogP contribution in [0, 0.1) is 6.92 Å². The summed E-state index contributed by atoms with van der Waals surface area (Å²) in [5.74, 6) is 0.906. The molecule has 6 heteroatoms. The topological polar surface area (TPSA) is 71.3 Å². The van der Waals surface area contributed by atoms with Crippen LogP contribution in [0.2, 0.25) is 0 Å². The molecule has 36 heavy (non-hydrogen) atoms. The van der Waals surface area contributed by atoms with Crippen molar-refractivity contribution in [3.8, 4) is 11.4 Å². The number of rotatable bonds is 6. The molecule has 1 aromatic heterocycles. The summed E-state index contributed by atoms with van der Waals surface area (Å²) in [4.78, 5) is 19.9. The van der Waals surface area contributed by atoms with Gasteiger partial charge in [-0.2, -0.15) is 4.98 Å². The van der Waals surface area contributed by atoms with Crippen molar-refractivity contribution >= 4 is 17.3 Å². The minimum Gasteiger partial charge on any atom is -0.334 e. The van der Waals surface area contributed by atoms with Gasteiger partial charge in [-0.05, 0) is 55.5 Å². The van der Waals surface area contributed by atoms with Crippen molar-refractivity contribution in [2.75, 3.05) is 4.90 Å². The Balaban J connectivity index is 1.62. The summed E-state index contributed by atoms with van der Waals surface area (Å²) in [6.07, 6.45) is 1.89. The minimum absolute atomic E-state index is 0.191. The van der Waals surface area contributed by atoms with E-state index in [-0.39, 0.29) is 6.03 Å². The molecule has 5 rings (SSSR count). The van der Waals surface area contributed by atoms with E-state index >= 15 is 0 Å². The zero-order chi connectivity index (χ0) is 25.2. The molecule has 2 amide bonds. The fraction of sp³-hybridized carbons (Fsp3) is 0.233. The van der Waals surface area contributed by atoms with Gasteiger partial charge < -0.3 is 9.84 Å². The van der Waals surface area contributed by atoms with Gasteiger partial charge in [0.1, 0.15) is 0 Å². The Kier molecular flexibility index (Phi) is 6.42. The number of nitrogens with zero attached hydrogens (tertiary/aromatic N) is 3. The molecule has 0 saturated heterocycles. The summed E-state index contributed by atoms with van der Waals surface area (Å²) >= 11 is 0. The largest absolute Gasteiger partial charge is 0.334 e. The fourth-order valence-corrected chi connectivity index (χ4v) is 4.56. The second kappa shape index (κ2) is 9.82. The van der Waals surface area contributed by atoms with Crippen LogP contribution in [0.5, 0.6) is 0 Å². The van der Waals surface area contributed by atoms with E-state index in [1.54, 1.807) is 4.90 Å². The molecule has 0 saturated carbocycles. The number of nitrogens with one attached hydrogen (secondary N) is 1. The lowest BCUT2D eigenvalue weighted by Gasteiger charge is -2.35. The molecule has 1 aliphatic heterocycles. The van der Waals surface area contributed by atoms with Crippen LogP contribution in [0.1, 0.15) is 55.0 Å². The first kappa shape index (κ1) is 23.5. The highest BCUT2D eigenvalue weighted by Gasteiger charge is 2.36. The van der Waals surface area contributed by atoms with Crippen molar-refractivity contribution in [3.05, 3.63) is 107 Å². The Morgan fingerprint density at radius 3 is 2.08 bits per heavy atom.